The fourth-order valence-electron chi connectivity index (χ4n) is 3.70. The summed E-state index contributed by atoms with van der Waals surface area (Å²) in [6.07, 6.45) is 1.65. The van der Waals surface area contributed by atoms with Crippen LogP contribution in [-0.2, 0) is 27.8 Å². The number of rotatable bonds is 11. The highest BCUT2D eigenvalue weighted by molar-refractivity contribution is 7.91. The Bertz CT molecular complexity index is 1550. The number of amides is 2. The van der Waals surface area contributed by atoms with Crippen molar-refractivity contribution in [1.29, 1.82) is 0 Å². The third kappa shape index (κ3) is 6.67. The molecule has 0 saturated carbocycles. The molecule has 12 nitrogen and oxygen atoms in total. The van der Waals surface area contributed by atoms with Gasteiger partial charge in [-0.2, -0.15) is 0 Å². The van der Waals surface area contributed by atoms with Gasteiger partial charge in [-0.25, -0.2) is 23.3 Å². The first-order valence-corrected chi connectivity index (χ1v) is 13.9. The summed E-state index contributed by atoms with van der Waals surface area (Å²) in [5.74, 6) is -0.243. The number of carbonyl (C=O) groups is 2. The minimum absolute atomic E-state index is 0.109. The Morgan fingerprint density at radius 1 is 1.08 bits per heavy atom. The molecule has 2 aromatic heterocycles. The van der Waals surface area contributed by atoms with E-state index in [1.54, 1.807) is 74.2 Å². The smallest absolute Gasteiger partial charge is 0.268 e. The monoisotopic (exact) mass is 570 g/mol. The van der Waals surface area contributed by atoms with Gasteiger partial charge in [0.15, 0.2) is 0 Å². The summed E-state index contributed by atoms with van der Waals surface area (Å²) in [7, 11) is -0.764. The number of methoxy groups -OCH3 is 1. The van der Waals surface area contributed by atoms with Crippen LogP contribution < -0.4 is 20.3 Å². The van der Waals surface area contributed by atoms with E-state index in [2.05, 4.69) is 20.4 Å². The third-order valence-corrected chi connectivity index (χ3v) is 8.85. The van der Waals surface area contributed by atoms with Crippen molar-refractivity contribution in [2.24, 2.45) is 0 Å². The lowest BCUT2D eigenvalue weighted by Gasteiger charge is -2.15. The van der Waals surface area contributed by atoms with Gasteiger partial charge in [0, 0.05) is 23.9 Å². The fourth-order valence-corrected chi connectivity index (χ4v) is 6.06. The van der Waals surface area contributed by atoms with Crippen molar-refractivity contribution in [3.8, 4) is 16.2 Å². The largest absolute Gasteiger partial charge is 0.497 e. The second kappa shape index (κ2) is 12.2. The quantitative estimate of drug-likeness (QED) is 0.157. The zero-order valence-corrected chi connectivity index (χ0v) is 22.6. The van der Waals surface area contributed by atoms with Crippen molar-refractivity contribution in [2.75, 3.05) is 14.2 Å². The van der Waals surface area contributed by atoms with Crippen LogP contribution in [0.4, 0.5) is 0 Å². The number of ether oxygens (including phenoxy) is 1. The summed E-state index contributed by atoms with van der Waals surface area (Å²) in [5.41, 5.74) is 3.99. The van der Waals surface area contributed by atoms with E-state index in [-0.39, 0.29) is 28.8 Å². The number of hydrogen-bond acceptors (Lipinski definition) is 9. The van der Waals surface area contributed by atoms with E-state index < -0.39 is 22.0 Å². The third-order valence-electron chi connectivity index (χ3n) is 5.83. The lowest BCUT2D eigenvalue weighted by Crippen LogP contribution is -2.32. The van der Waals surface area contributed by atoms with Crippen LogP contribution in [0.15, 0.2) is 71.1 Å². The standard InChI is InChI=1S/C25H26N6O6S2/c1-26-24(32)18-7-5-17(6-8-18)22-11-12-23(38-22)39(35,36)27-14-19-15-31(30-28-19)21(25(33)29-34)13-16-3-9-20(37-2)10-4-16/h3-12,15,21,27,34H,13-14H2,1-2H3,(H,26,32)(H,29,33)/t21-/m0/s1. The number of nitrogens with one attached hydrogen (secondary N) is 3. The van der Waals surface area contributed by atoms with E-state index in [4.69, 9.17) is 4.74 Å². The zero-order valence-electron chi connectivity index (χ0n) is 21.0. The molecule has 0 unspecified atom stereocenters. The maximum atomic E-state index is 12.9. The first-order chi connectivity index (χ1) is 18.7. The lowest BCUT2D eigenvalue weighted by atomic mass is 10.1. The lowest BCUT2D eigenvalue weighted by molar-refractivity contribution is -0.133. The topological polar surface area (TPSA) is 165 Å². The maximum Gasteiger partial charge on any atom is 0.268 e. The first-order valence-electron chi connectivity index (χ1n) is 11.6. The van der Waals surface area contributed by atoms with E-state index in [1.807, 2.05) is 0 Å². The number of hydrogen-bond donors (Lipinski definition) is 4. The predicted molar refractivity (Wildman–Crippen MR) is 143 cm³/mol. The average molecular weight is 571 g/mol. The Morgan fingerprint density at radius 3 is 2.44 bits per heavy atom. The van der Waals surface area contributed by atoms with Crippen LogP contribution >= 0.6 is 11.3 Å². The van der Waals surface area contributed by atoms with Gasteiger partial charge in [-0.15, -0.1) is 16.4 Å². The average Bonchev–Trinajstić information content (AvgIpc) is 3.65. The summed E-state index contributed by atoms with van der Waals surface area (Å²) in [4.78, 5) is 24.8. The molecule has 39 heavy (non-hydrogen) atoms. The van der Waals surface area contributed by atoms with E-state index in [0.717, 1.165) is 27.3 Å². The number of hydroxylamine groups is 1. The molecule has 2 aromatic carbocycles. The summed E-state index contributed by atoms with van der Waals surface area (Å²) in [6.45, 7) is -0.160. The molecule has 2 heterocycles. The SMILES string of the molecule is CNC(=O)c1ccc(-c2ccc(S(=O)(=O)NCc3cn([C@@H](Cc4ccc(OC)cc4)C(=O)NO)nn3)s2)cc1. The first kappa shape index (κ1) is 27.9. The summed E-state index contributed by atoms with van der Waals surface area (Å²) in [5, 5.41) is 19.7. The predicted octanol–water partition coefficient (Wildman–Crippen LogP) is 2.14. The number of sulfonamides is 1. The highest BCUT2D eigenvalue weighted by atomic mass is 32.2. The molecule has 4 rings (SSSR count). The number of carbonyl (C=O) groups excluding carboxylic acids is 2. The summed E-state index contributed by atoms with van der Waals surface area (Å²) in [6, 6.07) is 16.2. The second-order valence-corrected chi connectivity index (χ2v) is 11.4. The van der Waals surface area contributed by atoms with Gasteiger partial charge < -0.3 is 10.1 Å². The van der Waals surface area contributed by atoms with Gasteiger partial charge in [0.25, 0.3) is 11.8 Å². The zero-order chi connectivity index (χ0) is 28.0. The van der Waals surface area contributed by atoms with Crippen LogP contribution in [0.1, 0.15) is 27.7 Å². The normalized spacial score (nSPS) is 12.1. The summed E-state index contributed by atoms with van der Waals surface area (Å²) < 4.78 is 34.8. The van der Waals surface area contributed by atoms with Crippen LogP contribution in [0.3, 0.4) is 0 Å². The van der Waals surface area contributed by atoms with Crippen molar-refractivity contribution >= 4 is 33.2 Å². The van der Waals surface area contributed by atoms with E-state index >= 15 is 0 Å². The van der Waals surface area contributed by atoms with Crippen molar-refractivity contribution in [3.05, 3.63) is 83.7 Å². The van der Waals surface area contributed by atoms with Crippen LogP contribution in [0.25, 0.3) is 10.4 Å². The molecule has 0 bridgehead atoms. The number of thiophene rings is 1. The molecular weight excluding hydrogens is 544 g/mol. The van der Waals surface area contributed by atoms with Crippen LogP contribution in [0.5, 0.6) is 5.75 Å². The van der Waals surface area contributed by atoms with E-state index in [9.17, 15) is 23.2 Å². The molecule has 0 aliphatic rings. The van der Waals surface area contributed by atoms with Crippen LogP contribution in [0, 0.1) is 0 Å². The van der Waals surface area contributed by atoms with E-state index in [0.29, 0.717) is 11.3 Å². The Labute approximate surface area is 228 Å². The molecule has 4 N–H and O–H groups in total. The molecule has 0 aliphatic heterocycles. The molecular formula is C25H26N6O6S2. The molecule has 0 spiro atoms. The molecule has 1 atom stereocenters. The van der Waals surface area contributed by atoms with Gasteiger partial charge in [-0.05, 0) is 47.5 Å². The van der Waals surface area contributed by atoms with Crippen molar-refractivity contribution in [3.63, 3.8) is 0 Å². The van der Waals surface area contributed by atoms with Crippen molar-refractivity contribution < 1.29 is 28.0 Å². The van der Waals surface area contributed by atoms with Crippen molar-refractivity contribution in [2.45, 2.75) is 23.2 Å². The second-order valence-electron chi connectivity index (χ2n) is 8.33. The Balaban J connectivity index is 1.43. The van der Waals surface area contributed by atoms with Gasteiger partial charge in [-0.3, -0.25) is 14.8 Å². The molecule has 14 heteroatoms. The molecule has 0 aliphatic carbocycles. The van der Waals surface area contributed by atoms with Crippen LogP contribution in [-0.4, -0.2) is 54.6 Å². The minimum Gasteiger partial charge on any atom is -0.497 e. The maximum absolute atomic E-state index is 12.9. The molecule has 204 valence electrons. The highest BCUT2D eigenvalue weighted by Gasteiger charge is 2.23. The molecule has 0 fully saturated rings. The molecule has 4 aromatic rings. The van der Waals surface area contributed by atoms with Gasteiger partial charge in [0.1, 0.15) is 16.0 Å². The van der Waals surface area contributed by atoms with Gasteiger partial charge in [0.05, 0.1) is 25.5 Å². The van der Waals surface area contributed by atoms with Gasteiger partial charge in [0.2, 0.25) is 10.0 Å². The Morgan fingerprint density at radius 2 is 1.79 bits per heavy atom. The van der Waals surface area contributed by atoms with Crippen molar-refractivity contribution in [1.82, 2.24) is 30.5 Å². The van der Waals surface area contributed by atoms with Gasteiger partial charge in [-0.1, -0.05) is 29.5 Å². The highest BCUT2D eigenvalue weighted by Crippen LogP contribution is 2.31. The van der Waals surface area contributed by atoms with Crippen LogP contribution in [0.2, 0.25) is 0 Å². The Kier molecular flexibility index (Phi) is 8.71. The Hall–Kier alpha value is -4.11. The number of nitrogens with zero attached hydrogens (tertiary/aromatic N) is 3. The fraction of sp³-hybridized carbons (Fsp3) is 0.200. The number of aromatic nitrogens is 3. The molecule has 0 radical (unpaired) electrons. The van der Waals surface area contributed by atoms with E-state index in [1.165, 1.54) is 16.9 Å². The molecule has 2 amide bonds. The van der Waals surface area contributed by atoms with Gasteiger partial charge >= 0.3 is 0 Å². The molecule has 0 saturated heterocycles. The minimum atomic E-state index is -3.86. The number of benzene rings is 2. The summed E-state index contributed by atoms with van der Waals surface area (Å²) >= 11 is 1.09.